The van der Waals surface area contributed by atoms with Crippen molar-refractivity contribution >= 4 is 0 Å². The lowest BCUT2D eigenvalue weighted by Crippen LogP contribution is -2.49. The third-order valence-corrected chi connectivity index (χ3v) is 3.76. The summed E-state index contributed by atoms with van der Waals surface area (Å²) in [6.45, 7) is 1.84. The Labute approximate surface area is 100 Å². The first-order chi connectivity index (χ1) is 8.19. The zero-order chi connectivity index (χ0) is 11.9. The fourth-order valence-electron chi connectivity index (χ4n) is 2.81. The van der Waals surface area contributed by atoms with Gasteiger partial charge in [0.25, 0.3) is 0 Å². The maximum atomic E-state index is 10.2. The van der Waals surface area contributed by atoms with Crippen LogP contribution in [0.2, 0.25) is 0 Å². The molecule has 0 aromatic heterocycles. The molecule has 1 spiro atoms. The number of ether oxygens (including phenoxy) is 1. The minimum atomic E-state index is -0.488. The predicted octanol–water partition coefficient (Wildman–Crippen LogP) is 1.33. The van der Waals surface area contributed by atoms with Crippen LogP contribution in [0.1, 0.15) is 30.9 Å². The Kier molecular flexibility index (Phi) is 2.49. The molecule has 0 amide bonds. The lowest BCUT2D eigenvalue weighted by atomic mass is 9.82. The van der Waals surface area contributed by atoms with Crippen LogP contribution in [0.25, 0.3) is 0 Å². The second-order valence-electron chi connectivity index (χ2n) is 4.98. The zero-order valence-corrected chi connectivity index (χ0v) is 9.65. The number of fused-ring (bicyclic) bond motifs is 1. The van der Waals surface area contributed by atoms with Gasteiger partial charge in [-0.3, -0.25) is 0 Å². The van der Waals surface area contributed by atoms with Gasteiger partial charge in [-0.05, 0) is 38.1 Å². The molecule has 1 aromatic rings. The third-order valence-electron chi connectivity index (χ3n) is 3.76. The van der Waals surface area contributed by atoms with E-state index in [1.165, 1.54) is 0 Å². The molecule has 2 aliphatic heterocycles. The molecule has 2 heterocycles. The van der Waals surface area contributed by atoms with Crippen LogP contribution in [0, 0.1) is 0 Å². The van der Waals surface area contributed by atoms with Gasteiger partial charge in [-0.2, -0.15) is 0 Å². The Morgan fingerprint density at radius 1 is 1.29 bits per heavy atom. The van der Waals surface area contributed by atoms with Crippen molar-refractivity contribution in [1.29, 1.82) is 0 Å². The summed E-state index contributed by atoms with van der Waals surface area (Å²) in [4.78, 5) is 0. The number of hydrogen-bond acceptors (Lipinski definition) is 4. The summed E-state index contributed by atoms with van der Waals surface area (Å²) in [6.07, 6.45) is 1.96. The Morgan fingerprint density at radius 3 is 2.82 bits per heavy atom. The highest BCUT2D eigenvalue weighted by Gasteiger charge is 2.41. The van der Waals surface area contributed by atoms with Crippen LogP contribution < -0.4 is 10.1 Å². The van der Waals surface area contributed by atoms with Crippen molar-refractivity contribution in [2.45, 2.75) is 31.0 Å². The zero-order valence-electron chi connectivity index (χ0n) is 9.65. The van der Waals surface area contributed by atoms with E-state index in [0.29, 0.717) is 12.2 Å². The van der Waals surface area contributed by atoms with Gasteiger partial charge in [0.1, 0.15) is 17.1 Å². The van der Waals surface area contributed by atoms with Gasteiger partial charge in [0.05, 0.1) is 6.10 Å². The van der Waals surface area contributed by atoms with Gasteiger partial charge in [0.2, 0.25) is 0 Å². The highest BCUT2D eigenvalue weighted by atomic mass is 16.5. The number of phenolic OH excluding ortho intramolecular Hbond substituents is 1. The lowest BCUT2D eigenvalue weighted by molar-refractivity contribution is -0.0338. The first kappa shape index (κ1) is 10.9. The third kappa shape index (κ3) is 1.87. The van der Waals surface area contributed by atoms with E-state index in [1.807, 2.05) is 0 Å². The molecule has 0 bridgehead atoms. The summed E-state index contributed by atoms with van der Waals surface area (Å²) in [5, 5.41) is 23.0. The van der Waals surface area contributed by atoms with Crippen molar-refractivity contribution in [2.24, 2.45) is 0 Å². The van der Waals surface area contributed by atoms with E-state index >= 15 is 0 Å². The summed E-state index contributed by atoms with van der Waals surface area (Å²) in [5.74, 6) is 0.813. The number of rotatable bonds is 0. The van der Waals surface area contributed by atoms with Gasteiger partial charge >= 0.3 is 0 Å². The first-order valence-electron chi connectivity index (χ1n) is 6.09. The van der Waals surface area contributed by atoms with Crippen molar-refractivity contribution in [3.8, 4) is 11.5 Å². The average molecular weight is 235 g/mol. The first-order valence-corrected chi connectivity index (χ1v) is 6.09. The van der Waals surface area contributed by atoms with Crippen LogP contribution >= 0.6 is 0 Å². The molecule has 1 atom stereocenters. The molecule has 4 nitrogen and oxygen atoms in total. The molecule has 1 aromatic carbocycles. The summed E-state index contributed by atoms with van der Waals surface area (Å²) in [6, 6.07) is 4.93. The van der Waals surface area contributed by atoms with Gasteiger partial charge in [-0.1, -0.05) is 0 Å². The predicted molar refractivity (Wildman–Crippen MR) is 63.1 cm³/mol. The largest absolute Gasteiger partial charge is 0.508 e. The fourth-order valence-corrected chi connectivity index (χ4v) is 2.81. The number of benzene rings is 1. The Morgan fingerprint density at radius 2 is 2.06 bits per heavy atom. The molecule has 2 aliphatic rings. The molecule has 1 saturated heterocycles. The quantitative estimate of drug-likeness (QED) is 0.635. The number of aliphatic hydroxyl groups is 1. The Balaban J connectivity index is 1.95. The average Bonchev–Trinajstić information content (AvgIpc) is 2.29. The fraction of sp³-hybridized carbons (Fsp3) is 0.538. The highest BCUT2D eigenvalue weighted by Crippen LogP contribution is 2.44. The van der Waals surface area contributed by atoms with Crippen LogP contribution in [0.15, 0.2) is 18.2 Å². The van der Waals surface area contributed by atoms with Gasteiger partial charge in [0, 0.05) is 18.1 Å². The van der Waals surface area contributed by atoms with Gasteiger partial charge in [0.15, 0.2) is 0 Å². The number of aromatic hydroxyl groups is 1. The van der Waals surface area contributed by atoms with Crippen LogP contribution in [0.5, 0.6) is 11.5 Å². The van der Waals surface area contributed by atoms with Crippen LogP contribution in [0.3, 0.4) is 0 Å². The second kappa shape index (κ2) is 3.89. The highest BCUT2D eigenvalue weighted by molar-refractivity contribution is 5.43. The molecular formula is C13H17NO3. The number of hydrogen-bond donors (Lipinski definition) is 3. The topological polar surface area (TPSA) is 61.7 Å². The summed E-state index contributed by atoms with van der Waals surface area (Å²) >= 11 is 0. The Bertz CT molecular complexity index is 427. The van der Waals surface area contributed by atoms with Gasteiger partial charge in [-0.15, -0.1) is 0 Å². The van der Waals surface area contributed by atoms with Crippen molar-refractivity contribution in [3.05, 3.63) is 23.8 Å². The summed E-state index contributed by atoms with van der Waals surface area (Å²) in [5.41, 5.74) is 0.526. The normalized spacial score (nSPS) is 26.3. The van der Waals surface area contributed by atoms with Crippen molar-refractivity contribution in [3.63, 3.8) is 0 Å². The molecule has 3 N–H and O–H groups in total. The Hall–Kier alpha value is -1.26. The van der Waals surface area contributed by atoms with E-state index in [1.54, 1.807) is 18.2 Å². The van der Waals surface area contributed by atoms with Crippen LogP contribution in [-0.2, 0) is 0 Å². The van der Waals surface area contributed by atoms with Crippen LogP contribution in [0.4, 0.5) is 0 Å². The second-order valence-corrected chi connectivity index (χ2v) is 4.98. The van der Waals surface area contributed by atoms with Gasteiger partial charge < -0.3 is 20.3 Å². The standard InChI is InChI=1S/C13H17NO3/c15-9-1-2-10-11(16)8-13(17-12(10)7-9)3-5-14-6-4-13/h1-2,7,11,14-16H,3-6,8H2. The molecule has 1 fully saturated rings. The molecule has 17 heavy (non-hydrogen) atoms. The minimum absolute atomic E-state index is 0.182. The van der Waals surface area contributed by atoms with Crippen molar-refractivity contribution < 1.29 is 14.9 Å². The SMILES string of the molecule is Oc1ccc2c(c1)OC1(CCNCC1)CC2O. The van der Waals surface area contributed by atoms with Crippen LogP contribution in [-0.4, -0.2) is 28.9 Å². The number of aliphatic hydroxyl groups excluding tert-OH is 1. The maximum Gasteiger partial charge on any atom is 0.129 e. The summed E-state index contributed by atoms with van der Waals surface area (Å²) in [7, 11) is 0. The van der Waals surface area contributed by atoms with Crippen molar-refractivity contribution in [2.75, 3.05) is 13.1 Å². The van der Waals surface area contributed by atoms with E-state index in [0.717, 1.165) is 31.5 Å². The maximum absolute atomic E-state index is 10.2. The monoisotopic (exact) mass is 235 g/mol. The van der Waals surface area contributed by atoms with E-state index in [4.69, 9.17) is 4.74 Å². The molecular weight excluding hydrogens is 218 g/mol. The minimum Gasteiger partial charge on any atom is -0.508 e. The molecule has 1 unspecified atom stereocenters. The molecule has 0 radical (unpaired) electrons. The molecule has 3 rings (SSSR count). The number of phenols is 1. The molecule has 4 heteroatoms. The van der Waals surface area contributed by atoms with E-state index < -0.39 is 6.10 Å². The van der Waals surface area contributed by atoms with E-state index in [9.17, 15) is 10.2 Å². The molecule has 0 saturated carbocycles. The molecule has 92 valence electrons. The smallest absolute Gasteiger partial charge is 0.129 e. The van der Waals surface area contributed by atoms with Crippen molar-refractivity contribution in [1.82, 2.24) is 5.32 Å². The molecule has 0 aliphatic carbocycles. The number of nitrogens with one attached hydrogen (secondary N) is 1. The van der Waals surface area contributed by atoms with Gasteiger partial charge in [-0.25, -0.2) is 0 Å². The number of piperidine rings is 1. The summed E-state index contributed by atoms with van der Waals surface area (Å²) < 4.78 is 6.05. The van der Waals surface area contributed by atoms with E-state index in [-0.39, 0.29) is 11.4 Å². The lowest BCUT2D eigenvalue weighted by Gasteiger charge is -2.43. The van der Waals surface area contributed by atoms with E-state index in [2.05, 4.69) is 5.32 Å².